The summed E-state index contributed by atoms with van der Waals surface area (Å²) in [6.07, 6.45) is 0.501. The third kappa shape index (κ3) is 2.50. The number of hydrogen-bond donors (Lipinski definition) is 1. The van der Waals surface area contributed by atoms with E-state index in [4.69, 9.17) is 5.73 Å². The minimum Gasteiger partial charge on any atom is -0.328 e. The number of nitrogens with two attached hydrogens (primary N) is 1. The van der Waals surface area contributed by atoms with Gasteiger partial charge in [-0.05, 0) is 25.0 Å². The van der Waals surface area contributed by atoms with Gasteiger partial charge < -0.3 is 5.73 Å². The number of nitro groups is 1. The number of nitrogens with zero attached hydrogens (tertiary/aromatic N) is 1. The van der Waals surface area contributed by atoms with Gasteiger partial charge in [-0.3, -0.25) is 10.1 Å². The minimum atomic E-state index is -0.816. The average Bonchev–Trinajstić information content (AvgIpc) is 2.07. The summed E-state index contributed by atoms with van der Waals surface area (Å²) in [7, 11) is 0. The summed E-state index contributed by atoms with van der Waals surface area (Å²) >= 11 is 0. The Morgan fingerprint density at radius 3 is 2.79 bits per heavy atom. The second kappa shape index (κ2) is 4.15. The Labute approximate surface area is 80.7 Å². The zero-order valence-electron chi connectivity index (χ0n) is 7.74. The molecule has 0 aromatic heterocycles. The molecule has 5 heteroatoms. The normalized spacial score (nSPS) is 12.5. The molecule has 1 atom stereocenters. The van der Waals surface area contributed by atoms with E-state index in [0.717, 1.165) is 6.07 Å². The van der Waals surface area contributed by atoms with Crippen LogP contribution in [0.1, 0.15) is 12.5 Å². The molecule has 0 saturated carbocycles. The Balaban J connectivity index is 3.00. The molecule has 0 saturated heterocycles. The number of hydrogen-bond acceptors (Lipinski definition) is 3. The molecule has 0 amide bonds. The Kier molecular flexibility index (Phi) is 3.14. The van der Waals surface area contributed by atoms with Gasteiger partial charge in [0.15, 0.2) is 0 Å². The van der Waals surface area contributed by atoms with Gasteiger partial charge in [0, 0.05) is 12.1 Å². The van der Waals surface area contributed by atoms with Gasteiger partial charge >= 0.3 is 5.69 Å². The highest BCUT2D eigenvalue weighted by Crippen LogP contribution is 2.18. The van der Waals surface area contributed by atoms with Crippen molar-refractivity contribution in [2.45, 2.75) is 19.4 Å². The molecule has 0 aliphatic rings. The molecule has 0 aliphatic carbocycles. The summed E-state index contributed by atoms with van der Waals surface area (Å²) in [5.74, 6) is -0.816. The van der Waals surface area contributed by atoms with Gasteiger partial charge in [-0.15, -0.1) is 0 Å². The SMILES string of the molecule is CC(N)Cc1ccc(F)c([N+](=O)[O-])c1. The molecule has 1 aromatic carbocycles. The number of nitro benzene ring substituents is 1. The van der Waals surface area contributed by atoms with Gasteiger partial charge in [-0.25, -0.2) is 0 Å². The predicted octanol–water partition coefficient (Wildman–Crippen LogP) is 1.62. The zero-order chi connectivity index (χ0) is 10.7. The van der Waals surface area contributed by atoms with E-state index in [0.29, 0.717) is 12.0 Å². The Bertz CT molecular complexity index is 353. The topological polar surface area (TPSA) is 69.2 Å². The van der Waals surface area contributed by atoms with Gasteiger partial charge in [0.05, 0.1) is 4.92 Å². The van der Waals surface area contributed by atoms with Crippen LogP contribution in [0.25, 0.3) is 0 Å². The van der Waals surface area contributed by atoms with Crippen molar-refractivity contribution in [3.05, 3.63) is 39.7 Å². The van der Waals surface area contributed by atoms with Crippen LogP contribution < -0.4 is 5.73 Å². The fourth-order valence-electron chi connectivity index (χ4n) is 1.20. The maximum atomic E-state index is 12.9. The monoisotopic (exact) mass is 198 g/mol. The lowest BCUT2D eigenvalue weighted by atomic mass is 10.1. The Hall–Kier alpha value is -1.49. The van der Waals surface area contributed by atoms with Gasteiger partial charge in [-0.1, -0.05) is 6.07 Å². The highest BCUT2D eigenvalue weighted by atomic mass is 19.1. The van der Waals surface area contributed by atoms with Crippen molar-refractivity contribution in [1.82, 2.24) is 0 Å². The molecule has 1 aromatic rings. The van der Waals surface area contributed by atoms with E-state index in [2.05, 4.69) is 0 Å². The summed E-state index contributed by atoms with van der Waals surface area (Å²) in [6.45, 7) is 1.79. The first-order chi connectivity index (χ1) is 6.50. The summed E-state index contributed by atoms with van der Waals surface area (Å²) in [5.41, 5.74) is 5.70. The van der Waals surface area contributed by atoms with Gasteiger partial charge in [0.2, 0.25) is 5.82 Å². The lowest BCUT2D eigenvalue weighted by Gasteiger charge is -2.04. The van der Waals surface area contributed by atoms with Crippen LogP contribution in [-0.2, 0) is 6.42 Å². The van der Waals surface area contributed by atoms with Crippen molar-refractivity contribution in [2.75, 3.05) is 0 Å². The Morgan fingerprint density at radius 1 is 1.64 bits per heavy atom. The molecular formula is C9H11FN2O2. The van der Waals surface area contributed by atoms with Crippen molar-refractivity contribution < 1.29 is 9.31 Å². The first kappa shape index (κ1) is 10.6. The lowest BCUT2D eigenvalue weighted by molar-refractivity contribution is -0.387. The third-order valence-electron chi connectivity index (χ3n) is 1.76. The van der Waals surface area contributed by atoms with E-state index in [-0.39, 0.29) is 6.04 Å². The molecule has 2 N–H and O–H groups in total. The molecule has 0 spiro atoms. The van der Waals surface area contributed by atoms with Gasteiger partial charge in [0.25, 0.3) is 0 Å². The van der Waals surface area contributed by atoms with Crippen molar-refractivity contribution in [1.29, 1.82) is 0 Å². The average molecular weight is 198 g/mol. The second-order valence-electron chi connectivity index (χ2n) is 3.22. The molecule has 1 rings (SSSR count). The summed E-state index contributed by atoms with van der Waals surface area (Å²) in [6, 6.07) is 3.72. The zero-order valence-corrected chi connectivity index (χ0v) is 7.74. The van der Waals surface area contributed by atoms with E-state index in [1.807, 2.05) is 0 Å². The smallest absolute Gasteiger partial charge is 0.305 e. The number of benzene rings is 1. The Morgan fingerprint density at radius 2 is 2.29 bits per heavy atom. The van der Waals surface area contributed by atoms with Crippen LogP contribution >= 0.6 is 0 Å². The molecule has 76 valence electrons. The maximum absolute atomic E-state index is 12.9. The molecule has 4 nitrogen and oxygen atoms in total. The largest absolute Gasteiger partial charge is 0.328 e. The maximum Gasteiger partial charge on any atom is 0.305 e. The van der Waals surface area contributed by atoms with Crippen molar-refractivity contribution in [3.8, 4) is 0 Å². The highest BCUT2D eigenvalue weighted by molar-refractivity contribution is 5.36. The second-order valence-corrected chi connectivity index (χ2v) is 3.22. The van der Waals surface area contributed by atoms with Gasteiger partial charge in [0.1, 0.15) is 0 Å². The fourth-order valence-corrected chi connectivity index (χ4v) is 1.20. The van der Waals surface area contributed by atoms with Crippen LogP contribution in [0, 0.1) is 15.9 Å². The minimum absolute atomic E-state index is 0.0972. The number of rotatable bonds is 3. The van der Waals surface area contributed by atoms with E-state index < -0.39 is 16.4 Å². The summed E-state index contributed by atoms with van der Waals surface area (Å²) in [4.78, 5) is 9.66. The van der Waals surface area contributed by atoms with E-state index in [1.165, 1.54) is 12.1 Å². The van der Waals surface area contributed by atoms with Crippen LogP contribution in [0.3, 0.4) is 0 Å². The van der Waals surface area contributed by atoms with E-state index in [1.54, 1.807) is 6.92 Å². The predicted molar refractivity (Wildman–Crippen MR) is 50.4 cm³/mol. The van der Waals surface area contributed by atoms with Crippen molar-refractivity contribution >= 4 is 5.69 Å². The number of halogens is 1. The molecular weight excluding hydrogens is 187 g/mol. The standard InChI is InChI=1S/C9H11FN2O2/c1-6(11)4-7-2-3-8(10)9(5-7)12(13)14/h2-3,5-6H,4,11H2,1H3. The lowest BCUT2D eigenvalue weighted by Crippen LogP contribution is -2.17. The van der Waals surface area contributed by atoms with Crippen LogP contribution in [0.2, 0.25) is 0 Å². The first-order valence-corrected chi connectivity index (χ1v) is 4.19. The quantitative estimate of drug-likeness (QED) is 0.592. The molecule has 0 radical (unpaired) electrons. The van der Waals surface area contributed by atoms with Crippen LogP contribution in [-0.4, -0.2) is 11.0 Å². The summed E-state index contributed by atoms with van der Waals surface area (Å²) in [5, 5.41) is 10.4. The highest BCUT2D eigenvalue weighted by Gasteiger charge is 2.14. The van der Waals surface area contributed by atoms with Gasteiger partial charge in [-0.2, -0.15) is 4.39 Å². The van der Waals surface area contributed by atoms with E-state index in [9.17, 15) is 14.5 Å². The van der Waals surface area contributed by atoms with Crippen molar-refractivity contribution in [2.24, 2.45) is 5.73 Å². The van der Waals surface area contributed by atoms with Crippen LogP contribution in [0.4, 0.5) is 10.1 Å². The fraction of sp³-hybridized carbons (Fsp3) is 0.333. The molecule has 0 heterocycles. The van der Waals surface area contributed by atoms with E-state index >= 15 is 0 Å². The van der Waals surface area contributed by atoms with Crippen LogP contribution in [0.15, 0.2) is 18.2 Å². The first-order valence-electron chi connectivity index (χ1n) is 4.19. The van der Waals surface area contributed by atoms with Crippen LogP contribution in [0.5, 0.6) is 0 Å². The molecule has 1 unspecified atom stereocenters. The molecule has 14 heavy (non-hydrogen) atoms. The third-order valence-corrected chi connectivity index (χ3v) is 1.76. The molecule has 0 fully saturated rings. The molecule has 0 bridgehead atoms. The molecule has 0 aliphatic heterocycles. The summed E-state index contributed by atoms with van der Waals surface area (Å²) < 4.78 is 12.9. The van der Waals surface area contributed by atoms with Crippen molar-refractivity contribution in [3.63, 3.8) is 0 Å².